The van der Waals surface area contributed by atoms with Gasteiger partial charge in [0.25, 0.3) is 0 Å². The third-order valence-electron chi connectivity index (χ3n) is 5.92. The van der Waals surface area contributed by atoms with Gasteiger partial charge in [-0.25, -0.2) is 0 Å². The second kappa shape index (κ2) is 6.33. The zero-order valence-electron chi connectivity index (χ0n) is 14.1. The Morgan fingerprint density at radius 1 is 1.15 bits per heavy atom. The molecule has 3 heteroatoms. The fourth-order valence-corrected chi connectivity index (χ4v) is 4.10. The molecule has 20 heavy (non-hydrogen) atoms. The molecule has 0 aromatic carbocycles. The van der Waals surface area contributed by atoms with Crippen LogP contribution in [0.15, 0.2) is 0 Å². The molecule has 2 rings (SSSR count). The Kier molecular flexibility index (Phi) is 5.14. The van der Waals surface area contributed by atoms with Crippen molar-refractivity contribution in [3.63, 3.8) is 0 Å². The van der Waals surface area contributed by atoms with Gasteiger partial charge in [0.15, 0.2) is 0 Å². The van der Waals surface area contributed by atoms with Crippen LogP contribution in [0, 0.1) is 11.3 Å². The van der Waals surface area contributed by atoms with E-state index in [0.29, 0.717) is 5.41 Å². The van der Waals surface area contributed by atoms with Crippen LogP contribution in [-0.2, 0) is 0 Å². The molecule has 2 unspecified atom stereocenters. The van der Waals surface area contributed by atoms with Crippen LogP contribution in [0.5, 0.6) is 0 Å². The van der Waals surface area contributed by atoms with Gasteiger partial charge in [0, 0.05) is 18.6 Å². The molecule has 0 radical (unpaired) electrons. The highest BCUT2D eigenvalue weighted by molar-refractivity contribution is 4.99. The summed E-state index contributed by atoms with van der Waals surface area (Å²) in [4.78, 5) is 5.34. The Morgan fingerprint density at radius 3 is 2.45 bits per heavy atom. The second-order valence-electron chi connectivity index (χ2n) is 8.01. The van der Waals surface area contributed by atoms with Gasteiger partial charge in [-0.15, -0.1) is 0 Å². The van der Waals surface area contributed by atoms with Gasteiger partial charge in [-0.05, 0) is 63.2 Å². The summed E-state index contributed by atoms with van der Waals surface area (Å²) in [6, 6.07) is 0. The molecule has 0 amide bonds. The molecular formula is C17H35N3. The first-order valence-electron chi connectivity index (χ1n) is 8.59. The normalized spacial score (nSPS) is 34.4. The first kappa shape index (κ1) is 16.3. The third-order valence-corrected chi connectivity index (χ3v) is 5.92. The van der Waals surface area contributed by atoms with E-state index in [1.807, 2.05) is 0 Å². The Bertz CT molecular complexity index is 310. The van der Waals surface area contributed by atoms with Gasteiger partial charge in [-0.1, -0.05) is 27.7 Å². The van der Waals surface area contributed by atoms with E-state index in [1.165, 1.54) is 58.4 Å². The van der Waals surface area contributed by atoms with Crippen LogP contribution in [0.2, 0.25) is 0 Å². The minimum absolute atomic E-state index is 0.282. The lowest BCUT2D eigenvalue weighted by Crippen LogP contribution is -2.53. The monoisotopic (exact) mass is 281 g/mol. The molecular weight excluding hydrogens is 246 g/mol. The summed E-state index contributed by atoms with van der Waals surface area (Å²) in [6.07, 6.45) is 5.20. The minimum Gasteiger partial charge on any atom is -0.329 e. The Morgan fingerprint density at radius 2 is 1.90 bits per heavy atom. The van der Waals surface area contributed by atoms with Crippen molar-refractivity contribution in [2.45, 2.75) is 58.9 Å². The van der Waals surface area contributed by atoms with Crippen molar-refractivity contribution in [2.75, 3.05) is 39.3 Å². The molecule has 0 bridgehead atoms. The van der Waals surface area contributed by atoms with Crippen molar-refractivity contribution >= 4 is 0 Å². The lowest BCUT2D eigenvalue weighted by atomic mass is 9.80. The summed E-state index contributed by atoms with van der Waals surface area (Å²) in [7, 11) is 0. The van der Waals surface area contributed by atoms with Gasteiger partial charge in [0.1, 0.15) is 0 Å². The molecule has 0 saturated carbocycles. The van der Waals surface area contributed by atoms with Gasteiger partial charge < -0.3 is 10.6 Å². The SMILES string of the molecule is CCN1CCCC(CN)(N2CCC(C(C)(C)C)C2)CC1. The predicted octanol–water partition coefficient (Wildman–Crippen LogP) is 2.56. The van der Waals surface area contributed by atoms with Crippen LogP contribution in [-0.4, -0.2) is 54.6 Å². The number of hydrogen-bond acceptors (Lipinski definition) is 3. The molecule has 2 N–H and O–H groups in total. The molecule has 3 nitrogen and oxygen atoms in total. The van der Waals surface area contributed by atoms with Crippen molar-refractivity contribution in [1.29, 1.82) is 0 Å². The molecule has 2 heterocycles. The van der Waals surface area contributed by atoms with E-state index in [1.54, 1.807) is 0 Å². The van der Waals surface area contributed by atoms with E-state index < -0.39 is 0 Å². The highest BCUT2D eigenvalue weighted by Gasteiger charge is 2.42. The van der Waals surface area contributed by atoms with Crippen molar-refractivity contribution in [3.05, 3.63) is 0 Å². The molecule has 0 aromatic rings. The van der Waals surface area contributed by atoms with E-state index in [4.69, 9.17) is 5.73 Å². The quantitative estimate of drug-likeness (QED) is 0.863. The summed E-state index contributed by atoms with van der Waals surface area (Å²) in [5, 5.41) is 0. The molecule has 2 atom stereocenters. The van der Waals surface area contributed by atoms with Crippen LogP contribution in [0.4, 0.5) is 0 Å². The van der Waals surface area contributed by atoms with Gasteiger partial charge in [0.2, 0.25) is 0 Å². The van der Waals surface area contributed by atoms with E-state index >= 15 is 0 Å². The molecule has 118 valence electrons. The largest absolute Gasteiger partial charge is 0.329 e. The Hall–Kier alpha value is -0.120. The smallest absolute Gasteiger partial charge is 0.0344 e. The number of nitrogens with zero attached hydrogens (tertiary/aromatic N) is 2. The zero-order chi connectivity index (χ0) is 14.8. The average Bonchev–Trinajstić information content (AvgIpc) is 2.81. The molecule has 2 saturated heterocycles. The lowest BCUT2D eigenvalue weighted by Gasteiger charge is -2.41. The van der Waals surface area contributed by atoms with Crippen LogP contribution in [0.1, 0.15) is 53.4 Å². The Labute approximate surface area is 125 Å². The average molecular weight is 281 g/mol. The second-order valence-corrected chi connectivity index (χ2v) is 8.01. The van der Waals surface area contributed by atoms with Gasteiger partial charge >= 0.3 is 0 Å². The van der Waals surface area contributed by atoms with Crippen LogP contribution < -0.4 is 5.73 Å². The van der Waals surface area contributed by atoms with E-state index in [0.717, 1.165) is 12.5 Å². The highest BCUT2D eigenvalue weighted by Crippen LogP contribution is 2.39. The first-order valence-corrected chi connectivity index (χ1v) is 8.59. The van der Waals surface area contributed by atoms with Crippen LogP contribution >= 0.6 is 0 Å². The molecule has 0 aliphatic carbocycles. The fourth-order valence-electron chi connectivity index (χ4n) is 4.10. The van der Waals surface area contributed by atoms with E-state index in [2.05, 4.69) is 37.5 Å². The topological polar surface area (TPSA) is 32.5 Å². The van der Waals surface area contributed by atoms with E-state index in [9.17, 15) is 0 Å². The molecule has 0 aromatic heterocycles. The maximum atomic E-state index is 6.27. The van der Waals surface area contributed by atoms with Crippen molar-refractivity contribution in [1.82, 2.24) is 9.80 Å². The molecule has 2 fully saturated rings. The van der Waals surface area contributed by atoms with Crippen molar-refractivity contribution in [2.24, 2.45) is 17.1 Å². The first-order chi connectivity index (χ1) is 9.41. The summed E-state index contributed by atoms with van der Waals surface area (Å²) >= 11 is 0. The Balaban J connectivity index is 2.04. The van der Waals surface area contributed by atoms with Crippen LogP contribution in [0.25, 0.3) is 0 Å². The van der Waals surface area contributed by atoms with Gasteiger partial charge in [0.05, 0.1) is 0 Å². The van der Waals surface area contributed by atoms with E-state index in [-0.39, 0.29) is 5.54 Å². The summed E-state index contributed by atoms with van der Waals surface area (Å²) in [5.41, 5.74) is 6.99. The molecule has 2 aliphatic heterocycles. The number of nitrogens with two attached hydrogens (primary N) is 1. The number of hydrogen-bond donors (Lipinski definition) is 1. The van der Waals surface area contributed by atoms with Crippen molar-refractivity contribution < 1.29 is 0 Å². The summed E-state index contributed by atoms with van der Waals surface area (Å²) < 4.78 is 0. The maximum absolute atomic E-state index is 6.27. The predicted molar refractivity (Wildman–Crippen MR) is 86.9 cm³/mol. The maximum Gasteiger partial charge on any atom is 0.0344 e. The molecule has 2 aliphatic rings. The fraction of sp³-hybridized carbons (Fsp3) is 1.00. The van der Waals surface area contributed by atoms with Crippen molar-refractivity contribution in [3.8, 4) is 0 Å². The highest BCUT2D eigenvalue weighted by atomic mass is 15.2. The standard InChI is InChI=1S/C17H35N3/c1-5-19-10-6-8-17(14-18,9-12-19)20-11-7-15(13-20)16(2,3)4/h15H,5-14,18H2,1-4H3. The molecule has 0 spiro atoms. The van der Waals surface area contributed by atoms with Gasteiger partial charge in [-0.3, -0.25) is 4.90 Å². The number of rotatable bonds is 3. The lowest BCUT2D eigenvalue weighted by molar-refractivity contribution is 0.0912. The number of likely N-dealkylation sites (tertiary alicyclic amines) is 2. The summed E-state index contributed by atoms with van der Waals surface area (Å²) in [5.74, 6) is 0.830. The summed E-state index contributed by atoms with van der Waals surface area (Å²) in [6.45, 7) is 16.5. The third kappa shape index (κ3) is 3.37. The minimum atomic E-state index is 0.282. The van der Waals surface area contributed by atoms with Crippen LogP contribution in [0.3, 0.4) is 0 Å². The van der Waals surface area contributed by atoms with Gasteiger partial charge in [-0.2, -0.15) is 0 Å². The zero-order valence-corrected chi connectivity index (χ0v) is 14.1.